The molecule has 3 aromatic rings. The van der Waals surface area contributed by atoms with Crippen LogP contribution in [-0.2, 0) is 4.79 Å². The van der Waals surface area contributed by atoms with Gasteiger partial charge in [0.25, 0.3) is 5.91 Å². The van der Waals surface area contributed by atoms with Gasteiger partial charge in [0, 0.05) is 21.1 Å². The molecule has 1 aliphatic rings. The van der Waals surface area contributed by atoms with E-state index in [4.69, 9.17) is 11.6 Å². The Balaban J connectivity index is 1.44. The summed E-state index contributed by atoms with van der Waals surface area (Å²) < 4.78 is 3.20. The molecule has 4 rings (SSSR count). The highest BCUT2D eigenvalue weighted by Gasteiger charge is 2.24. The predicted octanol–water partition coefficient (Wildman–Crippen LogP) is 6.11. The highest BCUT2D eigenvalue weighted by Crippen LogP contribution is 2.35. The summed E-state index contributed by atoms with van der Waals surface area (Å²) in [7, 11) is 0. The van der Waals surface area contributed by atoms with Crippen LogP contribution in [0, 0.1) is 0 Å². The Kier molecular flexibility index (Phi) is 8.00. The number of amides is 1. The number of carbonyl (C=O) groups excluding carboxylic acids is 1. The van der Waals surface area contributed by atoms with Crippen molar-refractivity contribution in [2.75, 3.05) is 5.75 Å². The quantitative estimate of drug-likeness (QED) is 0.226. The Labute approximate surface area is 205 Å². The van der Waals surface area contributed by atoms with E-state index in [2.05, 4.69) is 41.2 Å². The van der Waals surface area contributed by atoms with Crippen molar-refractivity contribution in [2.24, 2.45) is 5.10 Å². The van der Waals surface area contributed by atoms with Gasteiger partial charge < -0.3 is 0 Å². The average molecular weight is 533 g/mol. The monoisotopic (exact) mass is 531 g/mol. The molecular formula is C23H23BrClN5OS. The third kappa shape index (κ3) is 5.99. The van der Waals surface area contributed by atoms with Crippen LogP contribution in [0.5, 0.6) is 0 Å². The zero-order valence-electron chi connectivity index (χ0n) is 17.4. The zero-order valence-corrected chi connectivity index (χ0v) is 20.5. The van der Waals surface area contributed by atoms with Crippen molar-refractivity contribution in [2.45, 2.75) is 43.3 Å². The summed E-state index contributed by atoms with van der Waals surface area (Å²) in [6, 6.07) is 15.7. The summed E-state index contributed by atoms with van der Waals surface area (Å²) in [5.41, 5.74) is 4.47. The molecule has 1 amide bonds. The third-order valence-corrected chi connectivity index (χ3v) is 7.04. The van der Waals surface area contributed by atoms with Gasteiger partial charge in [-0.1, -0.05) is 70.7 Å². The lowest BCUT2D eigenvalue weighted by Gasteiger charge is -2.25. The molecule has 0 aliphatic heterocycles. The Morgan fingerprint density at radius 1 is 1.12 bits per heavy atom. The van der Waals surface area contributed by atoms with Crippen LogP contribution in [0.25, 0.3) is 11.4 Å². The molecule has 1 fully saturated rings. The molecule has 0 saturated heterocycles. The molecule has 0 unspecified atom stereocenters. The van der Waals surface area contributed by atoms with Crippen molar-refractivity contribution in [3.05, 3.63) is 63.6 Å². The molecule has 0 spiro atoms. The fourth-order valence-electron chi connectivity index (χ4n) is 3.73. The standard InChI is InChI=1S/C23H23BrClN5OS/c24-18-10-6-16(7-11-18)14-26-27-21(31)15-32-23-29-28-22(17-8-12-19(25)13-9-17)30(23)20-4-2-1-3-5-20/h6-14,20H,1-5,15H2,(H,27,31)/b26-14-. The van der Waals surface area contributed by atoms with E-state index in [0.29, 0.717) is 11.1 Å². The van der Waals surface area contributed by atoms with Gasteiger partial charge in [-0.3, -0.25) is 9.36 Å². The van der Waals surface area contributed by atoms with Crippen LogP contribution in [0.2, 0.25) is 5.02 Å². The largest absolute Gasteiger partial charge is 0.299 e. The Hall–Kier alpha value is -2.16. The molecule has 0 atom stereocenters. The van der Waals surface area contributed by atoms with Crippen molar-refractivity contribution in [1.82, 2.24) is 20.2 Å². The van der Waals surface area contributed by atoms with Gasteiger partial charge in [0.2, 0.25) is 0 Å². The minimum absolute atomic E-state index is 0.186. The maximum Gasteiger partial charge on any atom is 0.250 e. The molecule has 0 bridgehead atoms. The van der Waals surface area contributed by atoms with Crippen molar-refractivity contribution in [3.63, 3.8) is 0 Å². The molecule has 6 nitrogen and oxygen atoms in total. The Morgan fingerprint density at radius 2 is 1.84 bits per heavy atom. The first-order chi connectivity index (χ1) is 15.6. The van der Waals surface area contributed by atoms with Crippen LogP contribution in [-0.4, -0.2) is 32.6 Å². The maximum atomic E-state index is 12.3. The van der Waals surface area contributed by atoms with Crippen molar-refractivity contribution in [1.29, 1.82) is 0 Å². The van der Waals surface area contributed by atoms with E-state index in [1.165, 1.54) is 31.0 Å². The van der Waals surface area contributed by atoms with E-state index < -0.39 is 0 Å². The number of nitrogens with zero attached hydrogens (tertiary/aromatic N) is 4. The number of carbonyl (C=O) groups is 1. The number of hydrazone groups is 1. The second kappa shape index (κ2) is 11.1. The molecular weight excluding hydrogens is 510 g/mol. The molecule has 166 valence electrons. The third-order valence-electron chi connectivity index (χ3n) is 5.31. The molecule has 1 aromatic heterocycles. The summed E-state index contributed by atoms with van der Waals surface area (Å²) in [6.07, 6.45) is 7.45. The van der Waals surface area contributed by atoms with Crippen LogP contribution in [0.3, 0.4) is 0 Å². The highest BCUT2D eigenvalue weighted by atomic mass is 79.9. The lowest BCUT2D eigenvalue weighted by atomic mass is 9.95. The predicted molar refractivity (Wildman–Crippen MR) is 133 cm³/mol. The van der Waals surface area contributed by atoms with Gasteiger partial charge >= 0.3 is 0 Å². The molecule has 1 aliphatic carbocycles. The van der Waals surface area contributed by atoms with E-state index in [0.717, 1.165) is 39.4 Å². The molecule has 1 N–H and O–H groups in total. The highest BCUT2D eigenvalue weighted by molar-refractivity contribution is 9.10. The lowest BCUT2D eigenvalue weighted by Crippen LogP contribution is -2.20. The number of hydrogen-bond acceptors (Lipinski definition) is 5. The summed E-state index contributed by atoms with van der Waals surface area (Å²) in [6.45, 7) is 0. The van der Waals surface area contributed by atoms with Crippen molar-refractivity contribution in [3.8, 4) is 11.4 Å². The number of benzene rings is 2. The van der Waals surface area contributed by atoms with E-state index in [1.54, 1.807) is 6.21 Å². The Morgan fingerprint density at radius 3 is 2.56 bits per heavy atom. The van der Waals surface area contributed by atoms with E-state index in [9.17, 15) is 4.79 Å². The minimum atomic E-state index is -0.186. The maximum absolute atomic E-state index is 12.3. The topological polar surface area (TPSA) is 72.2 Å². The summed E-state index contributed by atoms with van der Waals surface area (Å²) in [5, 5.41) is 14.4. The van der Waals surface area contributed by atoms with Crippen LogP contribution in [0.4, 0.5) is 0 Å². The van der Waals surface area contributed by atoms with Crippen molar-refractivity contribution < 1.29 is 4.79 Å². The van der Waals surface area contributed by atoms with E-state index in [1.807, 2.05) is 48.5 Å². The van der Waals surface area contributed by atoms with Gasteiger partial charge in [-0.15, -0.1) is 10.2 Å². The molecule has 1 saturated carbocycles. The molecule has 9 heteroatoms. The van der Waals surface area contributed by atoms with Crippen LogP contribution in [0.15, 0.2) is 63.3 Å². The molecule has 32 heavy (non-hydrogen) atoms. The van der Waals surface area contributed by atoms with Crippen molar-refractivity contribution >= 4 is 51.4 Å². The first kappa shape index (κ1) is 23.0. The SMILES string of the molecule is O=C(CSc1nnc(-c2ccc(Cl)cc2)n1C1CCCCC1)N/N=C\c1ccc(Br)cc1. The zero-order chi connectivity index (χ0) is 22.3. The number of thioether (sulfide) groups is 1. The van der Waals surface area contributed by atoms with Gasteiger partial charge in [0.05, 0.1) is 12.0 Å². The first-order valence-corrected chi connectivity index (χ1v) is 12.7. The van der Waals surface area contributed by atoms with Gasteiger partial charge in [0.1, 0.15) is 0 Å². The summed E-state index contributed by atoms with van der Waals surface area (Å²) in [5.74, 6) is 0.850. The molecule has 0 radical (unpaired) electrons. The van der Waals surface area contributed by atoms with Crippen LogP contribution >= 0.6 is 39.3 Å². The molecule has 1 heterocycles. The van der Waals surface area contributed by atoms with Gasteiger partial charge in [-0.25, -0.2) is 5.43 Å². The van der Waals surface area contributed by atoms with Crippen LogP contribution in [0.1, 0.15) is 43.7 Å². The summed E-state index contributed by atoms with van der Waals surface area (Å²) in [4.78, 5) is 12.3. The number of aromatic nitrogens is 3. The van der Waals surface area contributed by atoms with Crippen LogP contribution < -0.4 is 5.43 Å². The lowest BCUT2D eigenvalue weighted by molar-refractivity contribution is -0.118. The number of nitrogens with one attached hydrogen (secondary N) is 1. The Bertz CT molecular complexity index is 1080. The fourth-order valence-corrected chi connectivity index (χ4v) is 4.92. The number of rotatable bonds is 7. The second-order valence-electron chi connectivity index (χ2n) is 7.61. The minimum Gasteiger partial charge on any atom is -0.299 e. The first-order valence-electron chi connectivity index (χ1n) is 10.5. The summed E-state index contributed by atoms with van der Waals surface area (Å²) >= 11 is 10.8. The normalized spacial score (nSPS) is 14.7. The molecule has 2 aromatic carbocycles. The average Bonchev–Trinajstić information content (AvgIpc) is 3.24. The smallest absolute Gasteiger partial charge is 0.250 e. The van der Waals surface area contributed by atoms with Gasteiger partial charge in [-0.2, -0.15) is 5.10 Å². The number of halogens is 2. The number of hydrogen-bond donors (Lipinski definition) is 1. The van der Waals surface area contributed by atoms with Gasteiger partial charge in [-0.05, 0) is 54.8 Å². The second-order valence-corrected chi connectivity index (χ2v) is 9.90. The van der Waals surface area contributed by atoms with E-state index >= 15 is 0 Å². The van der Waals surface area contributed by atoms with Gasteiger partial charge in [0.15, 0.2) is 11.0 Å². The fraction of sp³-hybridized carbons (Fsp3) is 0.304. The van der Waals surface area contributed by atoms with E-state index in [-0.39, 0.29) is 11.7 Å².